The Bertz CT molecular complexity index is 1080. The minimum atomic E-state index is -0.196. The molecule has 3 rings (SSSR count). The van der Waals surface area contributed by atoms with Gasteiger partial charge in [-0.2, -0.15) is 4.98 Å². The number of phenols is 1. The molecule has 0 aliphatic heterocycles. The number of anilines is 2. The molecule has 0 spiro atoms. The molecule has 1 heterocycles. The van der Waals surface area contributed by atoms with Crippen LogP contribution in [-0.4, -0.2) is 42.0 Å². The highest BCUT2D eigenvalue weighted by molar-refractivity contribution is 5.78. The molecular weight excluding hydrogens is 420 g/mol. The van der Waals surface area contributed by atoms with Gasteiger partial charge in [0.2, 0.25) is 5.95 Å². The molecule has 0 bridgehead atoms. The molecule has 2 aromatic carbocycles. The van der Waals surface area contributed by atoms with Crippen LogP contribution in [0, 0.1) is 5.41 Å². The topological polar surface area (TPSA) is 126 Å². The summed E-state index contributed by atoms with van der Waals surface area (Å²) in [6.07, 6.45) is 2.12. The van der Waals surface area contributed by atoms with E-state index in [0.717, 1.165) is 22.3 Å². The van der Waals surface area contributed by atoms with Crippen LogP contribution in [0.4, 0.5) is 11.8 Å². The molecule has 8 heteroatoms. The summed E-state index contributed by atoms with van der Waals surface area (Å²) < 4.78 is 17.7. The molecule has 0 aliphatic carbocycles. The summed E-state index contributed by atoms with van der Waals surface area (Å²) >= 11 is 0. The van der Waals surface area contributed by atoms with Gasteiger partial charge in [-0.1, -0.05) is 26.0 Å². The fourth-order valence-electron chi connectivity index (χ4n) is 3.54. The van der Waals surface area contributed by atoms with Gasteiger partial charge in [-0.25, -0.2) is 4.98 Å². The van der Waals surface area contributed by atoms with Crippen LogP contribution < -0.4 is 20.9 Å². The third kappa shape index (κ3) is 6.26. The number of ether oxygens (including phenoxy) is 3. The lowest BCUT2D eigenvalue weighted by Gasteiger charge is -2.25. The highest BCUT2D eigenvalue weighted by Crippen LogP contribution is 2.41. The summed E-state index contributed by atoms with van der Waals surface area (Å²) in [5.74, 6) is 2.01. The summed E-state index contributed by atoms with van der Waals surface area (Å²) in [6.45, 7) is 7.57. The maximum Gasteiger partial charge on any atom is 0.221 e. The van der Waals surface area contributed by atoms with Crippen molar-refractivity contribution >= 4 is 11.8 Å². The van der Waals surface area contributed by atoms with E-state index in [-0.39, 0.29) is 17.1 Å². The van der Waals surface area contributed by atoms with Crippen molar-refractivity contribution < 1.29 is 19.3 Å². The first-order valence-electron chi connectivity index (χ1n) is 10.8. The predicted molar refractivity (Wildman–Crippen MR) is 130 cm³/mol. The fraction of sp³-hybridized carbons (Fsp3) is 0.360. The van der Waals surface area contributed by atoms with Gasteiger partial charge in [0.05, 0.1) is 25.4 Å². The van der Waals surface area contributed by atoms with Crippen LogP contribution in [0.15, 0.2) is 42.6 Å². The Morgan fingerprint density at radius 2 is 1.67 bits per heavy atom. The molecule has 0 saturated heterocycles. The molecule has 0 fully saturated rings. The van der Waals surface area contributed by atoms with Crippen LogP contribution in [0.3, 0.4) is 0 Å². The molecule has 0 atom stereocenters. The first kappa shape index (κ1) is 24.1. The van der Waals surface area contributed by atoms with Crippen molar-refractivity contribution in [3.05, 3.63) is 53.7 Å². The minimum absolute atomic E-state index is 0.137. The van der Waals surface area contributed by atoms with Crippen LogP contribution >= 0.6 is 0 Å². The van der Waals surface area contributed by atoms with Crippen molar-refractivity contribution in [2.45, 2.75) is 27.2 Å². The first-order valence-corrected chi connectivity index (χ1v) is 10.8. The van der Waals surface area contributed by atoms with Crippen molar-refractivity contribution in [1.82, 2.24) is 9.97 Å². The van der Waals surface area contributed by atoms with Crippen LogP contribution in [0.5, 0.6) is 17.2 Å². The van der Waals surface area contributed by atoms with Gasteiger partial charge in [0, 0.05) is 30.7 Å². The molecular formula is C25H32N4O4. The third-order valence-corrected chi connectivity index (χ3v) is 5.05. The number of aromatic hydroxyl groups is 1. The van der Waals surface area contributed by atoms with Crippen LogP contribution in [0.25, 0.3) is 11.1 Å². The Hall–Kier alpha value is -3.52. The van der Waals surface area contributed by atoms with Crippen LogP contribution in [0.2, 0.25) is 0 Å². The van der Waals surface area contributed by atoms with Gasteiger partial charge in [-0.15, -0.1) is 0 Å². The summed E-state index contributed by atoms with van der Waals surface area (Å²) in [4.78, 5) is 8.12. The predicted octanol–water partition coefficient (Wildman–Crippen LogP) is 4.05. The number of hydrogen-bond acceptors (Lipinski definition) is 8. The van der Waals surface area contributed by atoms with E-state index in [2.05, 4.69) is 23.8 Å². The average Bonchev–Trinajstić information content (AvgIpc) is 2.75. The van der Waals surface area contributed by atoms with Gasteiger partial charge in [0.25, 0.3) is 0 Å². The Balaban J connectivity index is 2.08. The Kier molecular flexibility index (Phi) is 7.60. The molecule has 0 amide bonds. The second-order valence-electron chi connectivity index (χ2n) is 8.65. The maximum atomic E-state index is 9.76. The lowest BCUT2D eigenvalue weighted by atomic mass is 9.95. The van der Waals surface area contributed by atoms with E-state index in [1.165, 1.54) is 0 Å². The molecule has 1 aromatic heterocycles. The number of hydrogen-bond donors (Lipinski definition) is 3. The minimum Gasteiger partial charge on any atom is -0.508 e. The van der Waals surface area contributed by atoms with Crippen molar-refractivity contribution in [3.63, 3.8) is 0 Å². The Labute approximate surface area is 194 Å². The second-order valence-corrected chi connectivity index (χ2v) is 8.65. The Morgan fingerprint density at radius 3 is 2.27 bits per heavy atom. The number of nitrogens with two attached hydrogens (primary N) is 2. The molecule has 0 radical (unpaired) electrons. The van der Waals surface area contributed by atoms with E-state index in [0.29, 0.717) is 43.6 Å². The monoisotopic (exact) mass is 452 g/mol. The van der Waals surface area contributed by atoms with Crippen molar-refractivity contribution in [2.24, 2.45) is 5.41 Å². The van der Waals surface area contributed by atoms with E-state index < -0.39 is 0 Å². The van der Waals surface area contributed by atoms with E-state index >= 15 is 0 Å². The summed E-state index contributed by atoms with van der Waals surface area (Å²) in [7, 11) is 1.68. The van der Waals surface area contributed by atoms with Gasteiger partial charge in [-0.05, 0) is 42.3 Å². The molecule has 8 nitrogen and oxygen atoms in total. The summed E-state index contributed by atoms with van der Waals surface area (Å²) in [6, 6.07) is 10.9. The SMILES string of the molecule is CCOc1cc(Cc2cnc(N)nc2N)cc(OCC(C)(C)COC)c1-c1ccc(O)cc1. The molecule has 0 saturated carbocycles. The van der Waals surface area contributed by atoms with E-state index in [4.69, 9.17) is 25.7 Å². The van der Waals surface area contributed by atoms with Crippen LogP contribution in [-0.2, 0) is 11.2 Å². The lowest BCUT2D eigenvalue weighted by Crippen LogP contribution is -2.26. The quantitative estimate of drug-likeness (QED) is 0.420. The number of nitrogen functional groups attached to an aromatic ring is 2. The van der Waals surface area contributed by atoms with E-state index in [1.807, 2.05) is 31.2 Å². The normalized spacial score (nSPS) is 11.4. The standard InChI is InChI=1S/C25H32N4O4/c1-5-32-20-11-16(10-18-13-28-24(27)29-23(18)26)12-21(33-15-25(2,3)14-31-4)22(20)17-6-8-19(30)9-7-17/h6-9,11-13,30H,5,10,14-15H2,1-4H3,(H4,26,27,28,29). The fourth-order valence-corrected chi connectivity index (χ4v) is 3.54. The highest BCUT2D eigenvalue weighted by atomic mass is 16.5. The van der Waals surface area contributed by atoms with Crippen molar-refractivity contribution in [3.8, 4) is 28.4 Å². The van der Waals surface area contributed by atoms with E-state index in [9.17, 15) is 5.11 Å². The number of phenolic OH excluding ortho intramolecular Hbond substituents is 1. The molecule has 3 aromatic rings. The zero-order valence-electron chi connectivity index (χ0n) is 19.6. The zero-order chi connectivity index (χ0) is 24.0. The third-order valence-electron chi connectivity index (χ3n) is 5.05. The molecule has 0 unspecified atom stereocenters. The Morgan fingerprint density at radius 1 is 1.00 bits per heavy atom. The van der Waals surface area contributed by atoms with E-state index in [1.54, 1.807) is 25.4 Å². The van der Waals surface area contributed by atoms with Gasteiger partial charge in [0.15, 0.2) is 0 Å². The molecule has 5 N–H and O–H groups in total. The highest BCUT2D eigenvalue weighted by Gasteiger charge is 2.22. The smallest absolute Gasteiger partial charge is 0.221 e. The first-order chi connectivity index (χ1) is 15.7. The number of rotatable bonds is 10. The second kappa shape index (κ2) is 10.4. The number of methoxy groups -OCH3 is 1. The van der Waals surface area contributed by atoms with Crippen molar-refractivity contribution in [2.75, 3.05) is 38.4 Å². The molecule has 33 heavy (non-hydrogen) atoms. The van der Waals surface area contributed by atoms with Gasteiger partial charge in [0.1, 0.15) is 23.1 Å². The van der Waals surface area contributed by atoms with Gasteiger partial charge < -0.3 is 30.8 Å². The number of aromatic nitrogens is 2. The molecule has 0 aliphatic rings. The summed E-state index contributed by atoms with van der Waals surface area (Å²) in [5.41, 5.74) is 14.9. The van der Waals surface area contributed by atoms with Gasteiger partial charge >= 0.3 is 0 Å². The van der Waals surface area contributed by atoms with Gasteiger partial charge in [-0.3, -0.25) is 0 Å². The summed E-state index contributed by atoms with van der Waals surface area (Å²) in [5, 5.41) is 9.76. The average molecular weight is 453 g/mol. The number of benzene rings is 2. The maximum absolute atomic E-state index is 9.76. The zero-order valence-corrected chi connectivity index (χ0v) is 19.6. The number of nitrogens with zero attached hydrogens (tertiary/aromatic N) is 2. The molecule has 176 valence electrons. The lowest BCUT2D eigenvalue weighted by molar-refractivity contribution is 0.0645. The van der Waals surface area contributed by atoms with Crippen LogP contribution in [0.1, 0.15) is 31.9 Å². The largest absolute Gasteiger partial charge is 0.508 e. The van der Waals surface area contributed by atoms with Crippen molar-refractivity contribution in [1.29, 1.82) is 0 Å².